The molecule has 2 N–H and O–H groups in total. The zero-order valence-electron chi connectivity index (χ0n) is 16.1. The average Bonchev–Trinajstić information content (AvgIpc) is 3.02. The predicted octanol–water partition coefficient (Wildman–Crippen LogP) is 3.26. The molecule has 0 spiro atoms. The first-order chi connectivity index (χ1) is 12.7. The molecule has 3 aromatic rings. The Labute approximate surface area is 177 Å². The van der Waals surface area contributed by atoms with Gasteiger partial charge < -0.3 is 10.6 Å². The van der Waals surface area contributed by atoms with Crippen molar-refractivity contribution in [3.8, 4) is 0 Å². The van der Waals surface area contributed by atoms with Crippen molar-refractivity contribution < 1.29 is 0 Å². The minimum atomic E-state index is 0. The number of benzene rings is 1. The van der Waals surface area contributed by atoms with Gasteiger partial charge in [0.25, 0.3) is 0 Å². The Morgan fingerprint density at radius 1 is 1.07 bits per heavy atom. The van der Waals surface area contributed by atoms with Crippen molar-refractivity contribution in [1.82, 2.24) is 25.2 Å². The predicted molar refractivity (Wildman–Crippen MR) is 121 cm³/mol. The first kappa shape index (κ1) is 21.1. The van der Waals surface area contributed by atoms with Crippen LogP contribution in [0.2, 0.25) is 0 Å². The number of nitrogens with one attached hydrogen (secondary N) is 2. The summed E-state index contributed by atoms with van der Waals surface area (Å²) in [6.45, 7) is 8.46. The highest BCUT2D eigenvalue weighted by atomic mass is 127. The summed E-state index contributed by atoms with van der Waals surface area (Å²) in [6.07, 6.45) is 2.92. The highest BCUT2D eigenvalue weighted by molar-refractivity contribution is 14.0. The van der Waals surface area contributed by atoms with Crippen molar-refractivity contribution in [2.45, 2.75) is 33.7 Å². The molecule has 7 heteroatoms. The lowest BCUT2D eigenvalue weighted by atomic mass is 10.1. The van der Waals surface area contributed by atoms with Crippen molar-refractivity contribution >= 4 is 35.6 Å². The molecule has 0 aliphatic heterocycles. The summed E-state index contributed by atoms with van der Waals surface area (Å²) < 4.78 is 1.96. The minimum absolute atomic E-state index is 0. The van der Waals surface area contributed by atoms with Gasteiger partial charge in [-0.15, -0.1) is 34.2 Å². The van der Waals surface area contributed by atoms with Gasteiger partial charge in [0.1, 0.15) is 6.54 Å². The van der Waals surface area contributed by atoms with Crippen molar-refractivity contribution in [3.05, 3.63) is 65.1 Å². The first-order valence-corrected chi connectivity index (χ1v) is 9.03. The maximum Gasteiger partial charge on any atom is 0.191 e. The summed E-state index contributed by atoms with van der Waals surface area (Å²) in [6, 6.07) is 12.5. The number of hydrogen-bond donors (Lipinski definition) is 2. The molecular weight excluding hydrogens is 451 g/mol. The zero-order chi connectivity index (χ0) is 18.4. The quantitative estimate of drug-likeness (QED) is 0.324. The van der Waals surface area contributed by atoms with E-state index in [0.717, 1.165) is 36.9 Å². The van der Waals surface area contributed by atoms with E-state index in [-0.39, 0.29) is 24.0 Å². The minimum Gasteiger partial charge on any atom is -0.357 e. The first-order valence-electron chi connectivity index (χ1n) is 9.03. The van der Waals surface area contributed by atoms with Gasteiger partial charge in [0.2, 0.25) is 0 Å². The van der Waals surface area contributed by atoms with Crippen molar-refractivity contribution in [3.63, 3.8) is 0 Å². The Hall–Kier alpha value is -2.16. The SMILES string of the molecule is CCNC(=NCc1nnc2ccccn12)NCCc1cc(C)cc(C)c1.I. The van der Waals surface area contributed by atoms with E-state index in [4.69, 9.17) is 0 Å². The van der Waals surface area contributed by atoms with Crippen LogP contribution in [0.1, 0.15) is 29.4 Å². The molecule has 6 nitrogen and oxygen atoms in total. The number of fused-ring (bicyclic) bond motifs is 1. The fraction of sp³-hybridized carbons (Fsp3) is 0.350. The van der Waals surface area contributed by atoms with Crippen LogP contribution in [0.5, 0.6) is 0 Å². The molecule has 0 unspecified atom stereocenters. The highest BCUT2D eigenvalue weighted by Crippen LogP contribution is 2.09. The molecule has 0 saturated carbocycles. The van der Waals surface area contributed by atoms with Gasteiger partial charge in [-0.25, -0.2) is 4.99 Å². The van der Waals surface area contributed by atoms with Crippen LogP contribution >= 0.6 is 24.0 Å². The molecular formula is C20H27IN6. The topological polar surface area (TPSA) is 66.6 Å². The molecule has 0 aliphatic carbocycles. The Morgan fingerprint density at radius 2 is 1.85 bits per heavy atom. The lowest BCUT2D eigenvalue weighted by Crippen LogP contribution is -2.38. The normalized spacial score (nSPS) is 11.3. The van der Waals surface area contributed by atoms with E-state index in [1.54, 1.807) is 0 Å². The maximum atomic E-state index is 4.64. The molecule has 1 aromatic carbocycles. The molecule has 0 radical (unpaired) electrons. The van der Waals surface area contributed by atoms with Crippen LogP contribution in [0.15, 0.2) is 47.6 Å². The van der Waals surface area contributed by atoms with Crippen molar-refractivity contribution in [1.29, 1.82) is 0 Å². The Kier molecular flexibility index (Phi) is 8.02. The van der Waals surface area contributed by atoms with Gasteiger partial charge >= 0.3 is 0 Å². The number of halogens is 1. The number of aromatic nitrogens is 3. The molecule has 0 amide bonds. The van der Waals surface area contributed by atoms with Crippen molar-refractivity contribution in [2.75, 3.05) is 13.1 Å². The van der Waals surface area contributed by atoms with Crippen LogP contribution in [0.25, 0.3) is 5.65 Å². The number of nitrogens with zero attached hydrogens (tertiary/aromatic N) is 4. The number of hydrogen-bond acceptors (Lipinski definition) is 3. The Morgan fingerprint density at radius 3 is 2.59 bits per heavy atom. The van der Waals surface area contributed by atoms with E-state index in [2.05, 4.69) is 64.8 Å². The molecule has 2 heterocycles. The maximum absolute atomic E-state index is 4.64. The van der Waals surface area contributed by atoms with Crippen LogP contribution in [0, 0.1) is 13.8 Å². The molecule has 2 aromatic heterocycles. The summed E-state index contributed by atoms with van der Waals surface area (Å²) in [7, 11) is 0. The monoisotopic (exact) mass is 478 g/mol. The van der Waals surface area contributed by atoms with Gasteiger partial charge in [0.05, 0.1) is 0 Å². The number of aryl methyl sites for hydroxylation is 2. The smallest absolute Gasteiger partial charge is 0.191 e. The number of aliphatic imine (C=N–C) groups is 1. The van der Waals surface area contributed by atoms with Crippen LogP contribution in [0.3, 0.4) is 0 Å². The van der Waals surface area contributed by atoms with Gasteiger partial charge in [0.15, 0.2) is 17.4 Å². The fourth-order valence-electron chi connectivity index (χ4n) is 3.03. The van der Waals surface area contributed by atoms with Gasteiger partial charge in [-0.1, -0.05) is 35.4 Å². The van der Waals surface area contributed by atoms with E-state index in [1.807, 2.05) is 28.8 Å². The molecule has 0 atom stereocenters. The zero-order valence-corrected chi connectivity index (χ0v) is 18.4. The summed E-state index contributed by atoms with van der Waals surface area (Å²) in [5.41, 5.74) is 4.79. The van der Waals surface area contributed by atoms with E-state index < -0.39 is 0 Å². The largest absolute Gasteiger partial charge is 0.357 e. The molecule has 0 aliphatic rings. The van der Waals surface area contributed by atoms with E-state index >= 15 is 0 Å². The molecule has 3 rings (SSSR count). The average molecular weight is 478 g/mol. The Bertz CT molecular complexity index is 882. The second-order valence-electron chi connectivity index (χ2n) is 6.41. The van der Waals surface area contributed by atoms with Crippen molar-refractivity contribution in [2.24, 2.45) is 4.99 Å². The standard InChI is InChI=1S/C20H26N6.HI/c1-4-21-20(22-9-8-17-12-15(2)11-16(3)13-17)23-14-19-25-24-18-7-5-6-10-26(18)19;/h5-7,10-13H,4,8-9,14H2,1-3H3,(H2,21,22,23);1H. The van der Waals surface area contributed by atoms with Gasteiger partial charge in [-0.05, 0) is 44.9 Å². The van der Waals surface area contributed by atoms with Crippen LogP contribution in [-0.2, 0) is 13.0 Å². The number of guanidine groups is 1. The molecule has 0 bridgehead atoms. The summed E-state index contributed by atoms with van der Waals surface area (Å²) >= 11 is 0. The third-order valence-corrected chi connectivity index (χ3v) is 4.09. The molecule has 0 fully saturated rings. The highest BCUT2D eigenvalue weighted by Gasteiger charge is 2.05. The number of rotatable bonds is 6. The third-order valence-electron chi connectivity index (χ3n) is 4.09. The summed E-state index contributed by atoms with van der Waals surface area (Å²) in [4.78, 5) is 4.64. The van der Waals surface area contributed by atoms with Crippen LogP contribution in [-0.4, -0.2) is 33.6 Å². The van der Waals surface area contributed by atoms with Gasteiger partial charge in [-0.3, -0.25) is 4.40 Å². The summed E-state index contributed by atoms with van der Waals surface area (Å²) in [5.74, 6) is 1.62. The lowest BCUT2D eigenvalue weighted by molar-refractivity contribution is 0.787. The second-order valence-corrected chi connectivity index (χ2v) is 6.41. The second kappa shape index (κ2) is 10.2. The third kappa shape index (κ3) is 5.92. The van der Waals surface area contributed by atoms with E-state index in [9.17, 15) is 0 Å². The van der Waals surface area contributed by atoms with Gasteiger partial charge in [-0.2, -0.15) is 0 Å². The lowest BCUT2D eigenvalue weighted by Gasteiger charge is -2.11. The number of pyridine rings is 1. The molecule has 27 heavy (non-hydrogen) atoms. The van der Waals surface area contributed by atoms with Gasteiger partial charge in [0, 0.05) is 19.3 Å². The Balaban J connectivity index is 0.00000261. The van der Waals surface area contributed by atoms with Crippen LogP contribution in [0.4, 0.5) is 0 Å². The van der Waals surface area contributed by atoms with E-state index in [1.165, 1.54) is 16.7 Å². The molecule has 144 valence electrons. The molecule has 0 saturated heterocycles. The van der Waals surface area contributed by atoms with E-state index in [0.29, 0.717) is 6.54 Å². The summed E-state index contributed by atoms with van der Waals surface area (Å²) in [5, 5.41) is 15.1. The fourth-order valence-corrected chi connectivity index (χ4v) is 3.03. The van der Waals surface area contributed by atoms with Crippen LogP contribution < -0.4 is 10.6 Å².